The van der Waals surface area contributed by atoms with Crippen LogP contribution < -0.4 is 11.1 Å². The Morgan fingerprint density at radius 3 is 2.75 bits per heavy atom. The normalized spacial score (nSPS) is 22.9. The number of nitrogens with two attached hydrogens (primary N) is 1. The number of rotatable bonds is 5. The molecule has 0 bridgehead atoms. The Balaban J connectivity index is 2.11. The van der Waals surface area contributed by atoms with Crippen LogP contribution in [0.4, 0.5) is 11.4 Å². The number of sulfone groups is 1. The van der Waals surface area contributed by atoms with Gasteiger partial charge in [-0.3, -0.25) is 0 Å². The number of nitrogens with one attached hydrogen (secondary N) is 1. The van der Waals surface area contributed by atoms with Crippen LogP contribution in [0.25, 0.3) is 0 Å². The molecule has 6 nitrogen and oxygen atoms in total. The smallest absolute Gasteiger partial charge is 0.175 e. The van der Waals surface area contributed by atoms with Crippen molar-refractivity contribution in [3.05, 3.63) is 18.2 Å². The fraction of sp³-hybridized carbons (Fsp3) is 0.538. The summed E-state index contributed by atoms with van der Waals surface area (Å²) in [6, 6.07) is 4.67. The van der Waals surface area contributed by atoms with Gasteiger partial charge in [-0.05, 0) is 18.2 Å². The highest BCUT2D eigenvalue weighted by molar-refractivity contribution is 7.90. The fourth-order valence-corrected chi connectivity index (χ4v) is 2.81. The van der Waals surface area contributed by atoms with Crippen molar-refractivity contribution in [3.8, 4) is 0 Å². The van der Waals surface area contributed by atoms with Crippen molar-refractivity contribution < 1.29 is 17.9 Å². The molecule has 0 aromatic heterocycles. The van der Waals surface area contributed by atoms with Crippen molar-refractivity contribution in [2.45, 2.75) is 16.9 Å². The van der Waals surface area contributed by atoms with E-state index < -0.39 is 9.84 Å². The molecule has 1 aromatic rings. The molecule has 1 heterocycles. The SMILES string of the molecule is COC1(CNc2ccc(S(C)(=O)=O)cc2N)CCOC1. The molecule has 1 aliphatic heterocycles. The highest BCUT2D eigenvalue weighted by Crippen LogP contribution is 2.26. The molecule has 2 rings (SSSR count). The van der Waals surface area contributed by atoms with Crippen molar-refractivity contribution in [2.24, 2.45) is 0 Å². The van der Waals surface area contributed by atoms with Crippen molar-refractivity contribution in [2.75, 3.05) is 44.2 Å². The molecule has 0 saturated carbocycles. The van der Waals surface area contributed by atoms with Crippen LogP contribution in [0.15, 0.2) is 23.1 Å². The standard InChI is InChI=1S/C13H20N2O4S/c1-18-13(5-6-19-9-13)8-15-12-4-3-10(7-11(12)14)20(2,16)17/h3-4,7,15H,5-6,8-9,14H2,1-2H3. The van der Waals surface area contributed by atoms with Gasteiger partial charge in [0, 0.05) is 32.9 Å². The first kappa shape index (κ1) is 15.1. The third-order valence-electron chi connectivity index (χ3n) is 3.55. The summed E-state index contributed by atoms with van der Waals surface area (Å²) < 4.78 is 33.8. The minimum atomic E-state index is -3.24. The van der Waals surface area contributed by atoms with Crippen LogP contribution in [-0.4, -0.2) is 47.1 Å². The van der Waals surface area contributed by atoms with Gasteiger partial charge >= 0.3 is 0 Å². The molecule has 3 N–H and O–H groups in total. The zero-order chi connectivity index (χ0) is 14.8. The molecule has 1 saturated heterocycles. The van der Waals surface area contributed by atoms with E-state index in [0.29, 0.717) is 31.1 Å². The molecule has 0 amide bonds. The Kier molecular flexibility index (Phi) is 4.22. The van der Waals surface area contributed by atoms with Crippen LogP contribution in [0.2, 0.25) is 0 Å². The lowest BCUT2D eigenvalue weighted by molar-refractivity contribution is -0.00618. The maximum Gasteiger partial charge on any atom is 0.175 e. The lowest BCUT2D eigenvalue weighted by Crippen LogP contribution is -2.39. The minimum absolute atomic E-state index is 0.214. The molecule has 112 valence electrons. The Morgan fingerprint density at radius 1 is 1.50 bits per heavy atom. The maximum absolute atomic E-state index is 11.4. The molecule has 1 atom stereocenters. The summed E-state index contributed by atoms with van der Waals surface area (Å²) in [4.78, 5) is 0.214. The van der Waals surface area contributed by atoms with Gasteiger partial charge in [-0.1, -0.05) is 0 Å². The van der Waals surface area contributed by atoms with E-state index in [1.807, 2.05) is 0 Å². The van der Waals surface area contributed by atoms with E-state index in [4.69, 9.17) is 15.2 Å². The Labute approximate surface area is 119 Å². The Morgan fingerprint density at radius 2 is 2.25 bits per heavy atom. The van der Waals surface area contributed by atoms with Gasteiger partial charge in [0.05, 0.1) is 22.9 Å². The Bertz CT molecular complexity index is 580. The van der Waals surface area contributed by atoms with Crippen LogP contribution in [-0.2, 0) is 19.3 Å². The molecular formula is C13H20N2O4S. The lowest BCUT2D eigenvalue weighted by Gasteiger charge is -2.26. The van der Waals surface area contributed by atoms with Crippen molar-refractivity contribution in [1.82, 2.24) is 0 Å². The molecule has 1 fully saturated rings. The van der Waals surface area contributed by atoms with E-state index in [1.54, 1.807) is 19.2 Å². The quantitative estimate of drug-likeness (QED) is 0.785. The molecule has 0 aliphatic carbocycles. The van der Waals surface area contributed by atoms with Crippen LogP contribution in [0.3, 0.4) is 0 Å². The number of ether oxygens (including phenoxy) is 2. The molecule has 7 heteroatoms. The van der Waals surface area contributed by atoms with E-state index in [-0.39, 0.29) is 10.5 Å². The van der Waals surface area contributed by atoms with Gasteiger partial charge in [0.25, 0.3) is 0 Å². The number of nitrogen functional groups attached to an aromatic ring is 1. The minimum Gasteiger partial charge on any atom is -0.397 e. The summed E-state index contributed by atoms with van der Waals surface area (Å²) in [5.74, 6) is 0. The lowest BCUT2D eigenvalue weighted by atomic mass is 10.0. The van der Waals surface area contributed by atoms with Gasteiger partial charge in [0.1, 0.15) is 5.60 Å². The first-order valence-electron chi connectivity index (χ1n) is 6.33. The monoisotopic (exact) mass is 300 g/mol. The first-order valence-corrected chi connectivity index (χ1v) is 8.22. The van der Waals surface area contributed by atoms with E-state index >= 15 is 0 Å². The van der Waals surface area contributed by atoms with Gasteiger partial charge in [0.2, 0.25) is 0 Å². The van der Waals surface area contributed by atoms with E-state index in [2.05, 4.69) is 5.32 Å². The van der Waals surface area contributed by atoms with Crippen LogP contribution >= 0.6 is 0 Å². The third-order valence-corrected chi connectivity index (χ3v) is 4.66. The van der Waals surface area contributed by atoms with Gasteiger partial charge in [-0.25, -0.2) is 8.42 Å². The van der Waals surface area contributed by atoms with Crippen molar-refractivity contribution in [3.63, 3.8) is 0 Å². The van der Waals surface area contributed by atoms with E-state index in [1.165, 1.54) is 6.07 Å². The number of anilines is 2. The van der Waals surface area contributed by atoms with Gasteiger partial charge in [0.15, 0.2) is 9.84 Å². The summed E-state index contributed by atoms with van der Waals surface area (Å²) in [6.07, 6.45) is 1.97. The largest absolute Gasteiger partial charge is 0.397 e. The molecule has 1 aliphatic rings. The third kappa shape index (κ3) is 3.23. The summed E-state index contributed by atoms with van der Waals surface area (Å²) in [5, 5.41) is 3.20. The molecule has 1 aromatic carbocycles. The summed E-state index contributed by atoms with van der Waals surface area (Å²) in [5.41, 5.74) is 6.64. The molecule has 20 heavy (non-hydrogen) atoms. The second-order valence-electron chi connectivity index (χ2n) is 5.06. The summed E-state index contributed by atoms with van der Waals surface area (Å²) in [7, 11) is -1.58. The van der Waals surface area contributed by atoms with Gasteiger partial charge in [-0.15, -0.1) is 0 Å². The van der Waals surface area contributed by atoms with Crippen molar-refractivity contribution in [1.29, 1.82) is 0 Å². The van der Waals surface area contributed by atoms with Crippen molar-refractivity contribution >= 4 is 21.2 Å². The highest BCUT2D eigenvalue weighted by atomic mass is 32.2. The molecular weight excluding hydrogens is 280 g/mol. The Hall–Kier alpha value is -1.31. The highest BCUT2D eigenvalue weighted by Gasteiger charge is 2.34. The summed E-state index contributed by atoms with van der Waals surface area (Å²) in [6.45, 7) is 1.78. The summed E-state index contributed by atoms with van der Waals surface area (Å²) >= 11 is 0. The molecule has 0 spiro atoms. The number of hydrogen-bond acceptors (Lipinski definition) is 6. The average Bonchev–Trinajstić information content (AvgIpc) is 2.85. The fourth-order valence-electron chi connectivity index (χ4n) is 2.15. The van der Waals surface area contributed by atoms with Gasteiger partial charge in [-0.2, -0.15) is 0 Å². The first-order chi connectivity index (χ1) is 9.36. The van der Waals surface area contributed by atoms with Crippen LogP contribution in [0, 0.1) is 0 Å². The maximum atomic E-state index is 11.4. The molecule has 0 radical (unpaired) electrons. The van der Waals surface area contributed by atoms with E-state index in [0.717, 1.165) is 12.7 Å². The zero-order valence-corrected chi connectivity index (χ0v) is 12.5. The second-order valence-corrected chi connectivity index (χ2v) is 7.08. The van der Waals surface area contributed by atoms with Crippen LogP contribution in [0.1, 0.15) is 6.42 Å². The van der Waals surface area contributed by atoms with Gasteiger partial charge < -0.3 is 20.5 Å². The predicted molar refractivity (Wildman–Crippen MR) is 77.6 cm³/mol. The average molecular weight is 300 g/mol. The topological polar surface area (TPSA) is 90.7 Å². The predicted octanol–water partition coefficient (Wildman–Crippen LogP) is 0.890. The zero-order valence-electron chi connectivity index (χ0n) is 11.7. The number of hydrogen-bond donors (Lipinski definition) is 2. The second kappa shape index (κ2) is 5.59. The van der Waals surface area contributed by atoms with Crippen LogP contribution in [0.5, 0.6) is 0 Å². The number of benzene rings is 1. The number of methoxy groups -OCH3 is 1. The van der Waals surface area contributed by atoms with E-state index in [9.17, 15) is 8.42 Å². The molecule has 1 unspecified atom stereocenters.